The Balaban J connectivity index is 1.77. The molecule has 1 amide bonds. The second kappa shape index (κ2) is 7.98. The van der Waals surface area contributed by atoms with Gasteiger partial charge in [-0.15, -0.1) is 10.2 Å². The van der Waals surface area contributed by atoms with Gasteiger partial charge in [-0.05, 0) is 23.4 Å². The first kappa shape index (κ1) is 19.2. The lowest BCUT2D eigenvalue weighted by molar-refractivity contribution is -0.117. The first-order chi connectivity index (χ1) is 12.4. The smallest absolute Gasteiger partial charge is 0.248 e. The van der Waals surface area contributed by atoms with Crippen molar-refractivity contribution in [1.29, 1.82) is 0 Å². The van der Waals surface area contributed by atoms with Crippen molar-refractivity contribution in [3.8, 4) is 11.4 Å². The van der Waals surface area contributed by atoms with Crippen molar-refractivity contribution < 1.29 is 4.79 Å². The van der Waals surface area contributed by atoms with Crippen LogP contribution in [-0.2, 0) is 11.3 Å². The third-order valence-electron chi connectivity index (χ3n) is 3.23. The van der Waals surface area contributed by atoms with Crippen LogP contribution >= 0.6 is 58.0 Å². The number of rotatable bonds is 4. The largest absolute Gasteiger partial charge is 0.322 e. The summed E-state index contributed by atoms with van der Waals surface area (Å²) in [7, 11) is 0. The minimum Gasteiger partial charge on any atom is -0.322 e. The highest BCUT2D eigenvalue weighted by Crippen LogP contribution is 2.41. The zero-order valence-corrected chi connectivity index (χ0v) is 16.5. The van der Waals surface area contributed by atoms with E-state index in [9.17, 15) is 4.79 Å². The molecule has 3 aromatic rings. The Hall–Kier alpha value is -1.57. The van der Waals surface area contributed by atoms with Gasteiger partial charge in [0.05, 0.1) is 30.8 Å². The molecule has 0 fully saturated rings. The van der Waals surface area contributed by atoms with Crippen LogP contribution in [0, 0.1) is 0 Å². The predicted octanol–water partition coefficient (Wildman–Crippen LogP) is 5.25. The molecule has 0 aliphatic rings. The number of halogens is 5. The molecular formula is C15H8Cl5N5O. The molecule has 0 spiro atoms. The van der Waals surface area contributed by atoms with E-state index in [1.165, 1.54) is 6.07 Å². The van der Waals surface area contributed by atoms with Crippen LogP contribution in [0.5, 0.6) is 0 Å². The summed E-state index contributed by atoms with van der Waals surface area (Å²) in [5.41, 5.74) is 0.718. The number of anilines is 1. The number of nitrogens with one attached hydrogen (secondary N) is 1. The SMILES string of the molecule is O=C(Cn1nnc(-c2ccccc2Cl)n1)Nc1c(Cl)c(Cl)cc(Cl)c1Cl. The van der Waals surface area contributed by atoms with Gasteiger partial charge in [-0.1, -0.05) is 70.1 Å². The molecule has 0 bridgehead atoms. The van der Waals surface area contributed by atoms with Gasteiger partial charge >= 0.3 is 0 Å². The molecule has 3 rings (SSSR count). The van der Waals surface area contributed by atoms with E-state index >= 15 is 0 Å². The lowest BCUT2D eigenvalue weighted by Crippen LogP contribution is -2.21. The van der Waals surface area contributed by atoms with Crippen LogP contribution in [0.15, 0.2) is 30.3 Å². The van der Waals surface area contributed by atoms with E-state index in [0.29, 0.717) is 16.4 Å². The minimum absolute atomic E-state index is 0.0812. The van der Waals surface area contributed by atoms with Crippen molar-refractivity contribution in [3.05, 3.63) is 55.4 Å². The van der Waals surface area contributed by atoms with Crippen molar-refractivity contribution >= 4 is 69.6 Å². The summed E-state index contributed by atoms with van der Waals surface area (Å²) >= 11 is 30.1. The van der Waals surface area contributed by atoms with E-state index in [0.717, 1.165) is 4.80 Å². The van der Waals surface area contributed by atoms with Gasteiger partial charge in [0.15, 0.2) is 0 Å². The van der Waals surface area contributed by atoms with Crippen LogP contribution in [0.3, 0.4) is 0 Å². The van der Waals surface area contributed by atoms with Gasteiger partial charge in [0, 0.05) is 5.56 Å². The highest BCUT2D eigenvalue weighted by molar-refractivity contribution is 6.50. The number of hydrogen-bond donors (Lipinski definition) is 1. The lowest BCUT2D eigenvalue weighted by atomic mass is 10.2. The fourth-order valence-corrected chi connectivity index (χ4v) is 3.18. The standard InChI is InChI=1S/C15H8Cl5N5O/c16-8-4-2-1-3-7(8)15-22-24-25(23-15)6-11(26)21-14-12(19)9(17)5-10(18)13(14)20/h1-5H,6H2,(H,21,26). The molecule has 11 heteroatoms. The van der Waals surface area contributed by atoms with Crippen LogP contribution in [0.4, 0.5) is 5.69 Å². The van der Waals surface area contributed by atoms with Gasteiger partial charge in [0.2, 0.25) is 11.7 Å². The molecule has 6 nitrogen and oxygen atoms in total. The summed E-state index contributed by atoms with van der Waals surface area (Å²) in [6.45, 7) is -0.228. The molecule has 0 aliphatic heterocycles. The van der Waals surface area contributed by atoms with Gasteiger partial charge in [-0.25, -0.2) is 0 Å². The molecule has 26 heavy (non-hydrogen) atoms. The second-order valence-corrected chi connectivity index (χ2v) is 6.99. The van der Waals surface area contributed by atoms with Crippen LogP contribution in [0.25, 0.3) is 11.4 Å². The number of aromatic nitrogens is 4. The fraction of sp³-hybridized carbons (Fsp3) is 0.0667. The van der Waals surface area contributed by atoms with Gasteiger partial charge in [-0.3, -0.25) is 4.79 Å². The number of amides is 1. The van der Waals surface area contributed by atoms with Crippen LogP contribution in [0.1, 0.15) is 0 Å². The van der Waals surface area contributed by atoms with E-state index in [2.05, 4.69) is 20.7 Å². The van der Waals surface area contributed by atoms with E-state index in [1.807, 2.05) is 0 Å². The van der Waals surface area contributed by atoms with E-state index in [1.54, 1.807) is 24.3 Å². The van der Waals surface area contributed by atoms with Gasteiger partial charge in [0.25, 0.3) is 0 Å². The monoisotopic (exact) mass is 449 g/mol. The molecule has 134 valence electrons. The van der Waals surface area contributed by atoms with Crippen molar-refractivity contribution in [2.24, 2.45) is 0 Å². The Morgan fingerprint density at radius 2 is 1.65 bits per heavy atom. The van der Waals surface area contributed by atoms with Crippen molar-refractivity contribution in [1.82, 2.24) is 20.2 Å². The zero-order chi connectivity index (χ0) is 18.8. The number of carbonyl (C=O) groups excluding carboxylic acids is 1. The van der Waals surface area contributed by atoms with Crippen molar-refractivity contribution in [2.75, 3.05) is 5.32 Å². The second-order valence-electron chi connectivity index (χ2n) is 5.01. The van der Waals surface area contributed by atoms with E-state index < -0.39 is 5.91 Å². The average molecular weight is 452 g/mol. The Morgan fingerprint density at radius 3 is 2.31 bits per heavy atom. The molecule has 2 aromatic carbocycles. The molecule has 0 atom stereocenters. The number of benzene rings is 2. The third-order valence-corrected chi connectivity index (χ3v) is 5.13. The minimum atomic E-state index is -0.491. The Kier molecular flexibility index (Phi) is 5.89. The Labute approximate surface area is 172 Å². The zero-order valence-electron chi connectivity index (χ0n) is 12.7. The average Bonchev–Trinajstić information content (AvgIpc) is 3.05. The number of tetrazole rings is 1. The number of carbonyl (C=O) groups is 1. The van der Waals surface area contributed by atoms with Crippen LogP contribution in [0.2, 0.25) is 25.1 Å². The van der Waals surface area contributed by atoms with Crippen LogP contribution in [-0.4, -0.2) is 26.1 Å². The molecule has 0 saturated heterocycles. The summed E-state index contributed by atoms with van der Waals surface area (Å²) in [5.74, 6) is -0.194. The third kappa shape index (κ3) is 4.05. The molecule has 0 radical (unpaired) electrons. The summed E-state index contributed by atoms with van der Waals surface area (Å²) in [4.78, 5) is 13.4. The highest BCUT2D eigenvalue weighted by atomic mass is 35.5. The molecule has 0 aliphatic carbocycles. The maximum absolute atomic E-state index is 12.3. The lowest BCUT2D eigenvalue weighted by Gasteiger charge is -2.11. The predicted molar refractivity (Wildman–Crippen MR) is 103 cm³/mol. The molecule has 0 unspecified atom stereocenters. The van der Waals surface area contributed by atoms with Crippen LogP contribution < -0.4 is 5.32 Å². The Morgan fingerprint density at radius 1 is 1.00 bits per heavy atom. The van der Waals surface area contributed by atoms with Gasteiger partial charge < -0.3 is 5.32 Å². The topological polar surface area (TPSA) is 72.7 Å². The summed E-state index contributed by atoms with van der Waals surface area (Å²) in [6.07, 6.45) is 0. The van der Waals surface area contributed by atoms with Crippen molar-refractivity contribution in [3.63, 3.8) is 0 Å². The Bertz CT molecular complexity index is 964. The first-order valence-corrected chi connectivity index (χ1v) is 8.91. The van der Waals surface area contributed by atoms with E-state index in [4.69, 9.17) is 58.0 Å². The quantitative estimate of drug-likeness (QED) is 0.550. The maximum atomic E-state index is 12.3. The van der Waals surface area contributed by atoms with E-state index in [-0.39, 0.29) is 32.3 Å². The number of nitrogens with zero attached hydrogens (tertiary/aromatic N) is 4. The maximum Gasteiger partial charge on any atom is 0.248 e. The summed E-state index contributed by atoms with van der Waals surface area (Å²) in [5, 5.41) is 15.4. The molecular weight excluding hydrogens is 443 g/mol. The normalized spacial score (nSPS) is 10.8. The number of hydrogen-bond acceptors (Lipinski definition) is 4. The molecule has 1 N–H and O–H groups in total. The summed E-state index contributed by atoms with van der Waals surface area (Å²) < 4.78 is 0. The van der Waals surface area contributed by atoms with Gasteiger partial charge in [-0.2, -0.15) is 4.80 Å². The summed E-state index contributed by atoms with van der Waals surface area (Å²) in [6, 6.07) is 8.42. The molecule has 1 aromatic heterocycles. The molecule has 0 saturated carbocycles. The molecule has 1 heterocycles. The van der Waals surface area contributed by atoms with Crippen molar-refractivity contribution in [2.45, 2.75) is 6.54 Å². The highest BCUT2D eigenvalue weighted by Gasteiger charge is 2.17. The fourth-order valence-electron chi connectivity index (χ4n) is 2.05. The first-order valence-electron chi connectivity index (χ1n) is 7.02. The van der Waals surface area contributed by atoms with Gasteiger partial charge in [0.1, 0.15) is 6.54 Å².